The summed E-state index contributed by atoms with van der Waals surface area (Å²) in [6.07, 6.45) is 4.57. The van der Waals surface area contributed by atoms with Crippen LogP contribution < -0.4 is 0 Å². The highest BCUT2D eigenvalue weighted by Gasteiger charge is 2.35. The summed E-state index contributed by atoms with van der Waals surface area (Å²) >= 11 is 6.51. The first-order valence-corrected chi connectivity index (χ1v) is 6.19. The molecule has 1 aromatic rings. The Morgan fingerprint density at radius 2 is 2.07 bits per heavy atom. The predicted molar refractivity (Wildman–Crippen MR) is 64.2 cm³/mol. The number of rotatable bonds is 4. The van der Waals surface area contributed by atoms with E-state index in [1.54, 1.807) is 0 Å². The van der Waals surface area contributed by atoms with Gasteiger partial charge >= 0.3 is 0 Å². The summed E-state index contributed by atoms with van der Waals surface area (Å²) in [5, 5.41) is 0.215. The number of hydrogen-bond acceptors (Lipinski definition) is 1. The van der Waals surface area contributed by atoms with E-state index in [0.717, 1.165) is 11.6 Å². The van der Waals surface area contributed by atoms with Crippen LogP contribution in [-0.4, -0.2) is 10.4 Å². The number of pyridine rings is 1. The first-order chi connectivity index (χ1) is 7.20. The molecule has 1 fully saturated rings. The molecule has 3 unspecified atom stereocenters. The fraction of sp³-hybridized carbons (Fsp3) is 0.615. The lowest BCUT2D eigenvalue weighted by molar-refractivity contribution is 0.438. The van der Waals surface area contributed by atoms with E-state index in [2.05, 4.69) is 24.9 Å². The minimum atomic E-state index is 0.215. The van der Waals surface area contributed by atoms with E-state index >= 15 is 0 Å². The molecular weight excluding hydrogens is 206 g/mol. The van der Waals surface area contributed by atoms with E-state index in [0.29, 0.717) is 11.8 Å². The zero-order valence-corrected chi connectivity index (χ0v) is 10.1. The van der Waals surface area contributed by atoms with Crippen molar-refractivity contribution in [2.75, 3.05) is 0 Å². The monoisotopic (exact) mass is 223 g/mol. The van der Waals surface area contributed by atoms with Gasteiger partial charge in [0.2, 0.25) is 0 Å². The first-order valence-electron chi connectivity index (χ1n) is 5.75. The molecule has 15 heavy (non-hydrogen) atoms. The van der Waals surface area contributed by atoms with Gasteiger partial charge in [-0.15, -0.1) is 11.6 Å². The van der Waals surface area contributed by atoms with Gasteiger partial charge in [-0.05, 0) is 36.8 Å². The van der Waals surface area contributed by atoms with E-state index in [-0.39, 0.29) is 5.38 Å². The fourth-order valence-electron chi connectivity index (χ4n) is 2.15. The van der Waals surface area contributed by atoms with Crippen molar-refractivity contribution in [2.24, 2.45) is 11.8 Å². The molecule has 0 aliphatic heterocycles. The van der Waals surface area contributed by atoms with Gasteiger partial charge in [-0.25, -0.2) is 0 Å². The van der Waals surface area contributed by atoms with E-state index in [9.17, 15) is 0 Å². The summed E-state index contributed by atoms with van der Waals surface area (Å²) in [5.74, 6) is 1.82. The highest BCUT2D eigenvalue weighted by Crippen LogP contribution is 2.43. The molecule has 0 amide bonds. The molecule has 0 spiro atoms. The van der Waals surface area contributed by atoms with Crippen molar-refractivity contribution in [3.05, 3.63) is 30.1 Å². The predicted octanol–water partition coefficient (Wildman–Crippen LogP) is 3.84. The van der Waals surface area contributed by atoms with Gasteiger partial charge in [-0.1, -0.05) is 19.9 Å². The summed E-state index contributed by atoms with van der Waals surface area (Å²) in [5.41, 5.74) is 1.12. The van der Waals surface area contributed by atoms with Crippen LogP contribution in [0.15, 0.2) is 24.4 Å². The Morgan fingerprint density at radius 1 is 1.33 bits per heavy atom. The Labute approximate surface area is 96.9 Å². The van der Waals surface area contributed by atoms with Crippen LogP contribution in [0.3, 0.4) is 0 Å². The molecular formula is C13H18ClN. The van der Waals surface area contributed by atoms with Gasteiger partial charge in [-0.3, -0.25) is 4.98 Å². The number of hydrogen-bond donors (Lipinski definition) is 0. The lowest BCUT2D eigenvalue weighted by Crippen LogP contribution is -2.20. The zero-order chi connectivity index (χ0) is 10.8. The van der Waals surface area contributed by atoms with Crippen molar-refractivity contribution in [3.63, 3.8) is 0 Å². The Hall–Kier alpha value is -0.560. The Morgan fingerprint density at radius 3 is 2.60 bits per heavy atom. The van der Waals surface area contributed by atoms with Gasteiger partial charge in [0, 0.05) is 23.2 Å². The van der Waals surface area contributed by atoms with Gasteiger partial charge in [0.25, 0.3) is 0 Å². The minimum absolute atomic E-state index is 0.215. The largest absolute Gasteiger partial charge is 0.261 e. The van der Waals surface area contributed by atoms with E-state index in [4.69, 9.17) is 11.6 Å². The quantitative estimate of drug-likeness (QED) is 0.707. The number of alkyl halides is 1. The van der Waals surface area contributed by atoms with Crippen molar-refractivity contribution in [1.82, 2.24) is 4.98 Å². The van der Waals surface area contributed by atoms with Crippen molar-refractivity contribution in [1.29, 1.82) is 0 Å². The van der Waals surface area contributed by atoms with E-state index < -0.39 is 0 Å². The van der Waals surface area contributed by atoms with Crippen molar-refractivity contribution in [2.45, 2.75) is 38.0 Å². The maximum absolute atomic E-state index is 6.51. The molecule has 1 saturated carbocycles. The van der Waals surface area contributed by atoms with Crippen molar-refractivity contribution >= 4 is 11.6 Å². The van der Waals surface area contributed by atoms with Crippen LogP contribution in [0.4, 0.5) is 0 Å². The molecule has 82 valence electrons. The van der Waals surface area contributed by atoms with Crippen LogP contribution in [-0.2, 0) is 0 Å². The van der Waals surface area contributed by atoms with Gasteiger partial charge in [0.05, 0.1) is 0 Å². The SMILES string of the molecule is CC(c1ccccn1)C(Cl)C(C)C1CC1. The Bertz CT molecular complexity index is 308. The summed E-state index contributed by atoms with van der Waals surface area (Å²) in [6.45, 7) is 4.45. The number of aromatic nitrogens is 1. The topological polar surface area (TPSA) is 12.9 Å². The van der Waals surface area contributed by atoms with Crippen LogP contribution in [0.2, 0.25) is 0 Å². The average Bonchev–Trinajstić information content (AvgIpc) is 3.11. The molecule has 2 rings (SSSR count). The molecule has 0 aromatic carbocycles. The molecule has 1 nitrogen and oxygen atoms in total. The Kier molecular flexibility index (Phi) is 3.30. The molecule has 0 bridgehead atoms. The van der Waals surface area contributed by atoms with Crippen molar-refractivity contribution < 1.29 is 0 Å². The third kappa shape index (κ3) is 2.52. The average molecular weight is 224 g/mol. The van der Waals surface area contributed by atoms with E-state index in [1.165, 1.54) is 12.8 Å². The first kappa shape index (κ1) is 10.9. The highest BCUT2D eigenvalue weighted by atomic mass is 35.5. The molecule has 1 heterocycles. The highest BCUT2D eigenvalue weighted by molar-refractivity contribution is 6.21. The van der Waals surface area contributed by atoms with Crippen LogP contribution in [0.25, 0.3) is 0 Å². The van der Waals surface area contributed by atoms with Gasteiger partial charge in [0.1, 0.15) is 0 Å². The maximum atomic E-state index is 6.51. The summed E-state index contributed by atoms with van der Waals surface area (Å²) in [6, 6.07) is 6.05. The van der Waals surface area contributed by atoms with Gasteiger partial charge in [-0.2, -0.15) is 0 Å². The van der Waals surface area contributed by atoms with Gasteiger partial charge < -0.3 is 0 Å². The normalized spacial score (nSPS) is 22.1. The maximum Gasteiger partial charge on any atom is 0.0446 e. The van der Waals surface area contributed by atoms with Crippen LogP contribution in [0, 0.1) is 11.8 Å². The molecule has 1 aliphatic rings. The second kappa shape index (κ2) is 4.52. The zero-order valence-electron chi connectivity index (χ0n) is 9.36. The molecule has 1 aromatic heterocycles. The number of halogens is 1. The number of nitrogens with zero attached hydrogens (tertiary/aromatic N) is 1. The second-order valence-corrected chi connectivity index (χ2v) is 5.19. The third-order valence-electron chi connectivity index (χ3n) is 3.50. The summed E-state index contributed by atoms with van der Waals surface area (Å²) in [4.78, 5) is 4.38. The Balaban J connectivity index is 2.03. The lowest BCUT2D eigenvalue weighted by Gasteiger charge is -2.23. The van der Waals surface area contributed by atoms with E-state index in [1.807, 2.05) is 18.3 Å². The molecule has 0 radical (unpaired) electrons. The molecule has 1 aliphatic carbocycles. The van der Waals surface area contributed by atoms with Gasteiger partial charge in [0.15, 0.2) is 0 Å². The second-order valence-electron chi connectivity index (χ2n) is 4.68. The molecule has 2 heteroatoms. The smallest absolute Gasteiger partial charge is 0.0446 e. The summed E-state index contributed by atoms with van der Waals surface area (Å²) < 4.78 is 0. The molecule has 0 N–H and O–H groups in total. The van der Waals surface area contributed by atoms with Crippen LogP contribution >= 0.6 is 11.6 Å². The molecule has 3 atom stereocenters. The summed E-state index contributed by atoms with van der Waals surface area (Å²) in [7, 11) is 0. The van der Waals surface area contributed by atoms with Crippen LogP contribution in [0.1, 0.15) is 38.3 Å². The third-order valence-corrected chi connectivity index (χ3v) is 4.28. The van der Waals surface area contributed by atoms with Crippen molar-refractivity contribution in [3.8, 4) is 0 Å². The minimum Gasteiger partial charge on any atom is -0.261 e. The fourth-order valence-corrected chi connectivity index (χ4v) is 2.48. The standard InChI is InChI=1S/C13H18ClN/c1-9(11-6-7-11)13(14)10(2)12-5-3-4-8-15-12/h3-5,8-11,13H,6-7H2,1-2H3. The van der Waals surface area contributed by atoms with Crippen LogP contribution in [0.5, 0.6) is 0 Å². The molecule has 0 saturated heterocycles. The lowest BCUT2D eigenvalue weighted by atomic mass is 9.90.